The van der Waals surface area contributed by atoms with Crippen molar-refractivity contribution in [2.75, 3.05) is 0 Å². The number of aromatic nitrogens is 1. The van der Waals surface area contributed by atoms with Crippen molar-refractivity contribution in [2.24, 2.45) is 0 Å². The summed E-state index contributed by atoms with van der Waals surface area (Å²) >= 11 is 7.04. The summed E-state index contributed by atoms with van der Waals surface area (Å²) in [5.74, 6) is 0. The lowest BCUT2D eigenvalue weighted by Gasteiger charge is -2.08. The number of carbonyl (C=O) groups is 1. The molecule has 14 heavy (non-hydrogen) atoms. The molecule has 1 heterocycles. The van der Waals surface area contributed by atoms with E-state index in [4.69, 9.17) is 11.6 Å². The van der Waals surface area contributed by atoms with Crippen LogP contribution in [0.1, 0.15) is 27.9 Å². The van der Waals surface area contributed by atoms with Crippen molar-refractivity contribution < 1.29 is 13.6 Å². The van der Waals surface area contributed by atoms with Gasteiger partial charge in [0.05, 0.1) is 5.56 Å². The largest absolute Gasteiger partial charge is 0.275 e. The van der Waals surface area contributed by atoms with E-state index in [1.807, 2.05) is 0 Å². The molecule has 0 radical (unpaired) electrons. The first kappa shape index (κ1) is 11.8. The molecule has 1 aromatic rings. The van der Waals surface area contributed by atoms with Crippen LogP contribution in [0.15, 0.2) is 6.20 Å². The van der Waals surface area contributed by atoms with Gasteiger partial charge in [0.15, 0.2) is 0 Å². The molecular formula is C8H5ClF2INO. The Labute approximate surface area is 97.8 Å². The van der Waals surface area contributed by atoms with Crippen molar-refractivity contribution in [3.05, 3.63) is 26.6 Å². The molecule has 0 saturated heterocycles. The molecule has 0 fully saturated rings. The first-order valence-electron chi connectivity index (χ1n) is 3.58. The van der Waals surface area contributed by atoms with Gasteiger partial charge in [-0.2, -0.15) is 0 Å². The molecule has 0 aliphatic carbocycles. The van der Waals surface area contributed by atoms with Gasteiger partial charge in [0, 0.05) is 11.8 Å². The van der Waals surface area contributed by atoms with Crippen LogP contribution in [-0.4, -0.2) is 10.2 Å². The lowest BCUT2D eigenvalue weighted by molar-refractivity contribution is 0.107. The van der Waals surface area contributed by atoms with Gasteiger partial charge >= 0.3 is 0 Å². The normalized spacial score (nSPS) is 10.7. The highest BCUT2D eigenvalue weighted by Crippen LogP contribution is 2.27. The van der Waals surface area contributed by atoms with Crippen LogP contribution in [0.3, 0.4) is 0 Å². The highest BCUT2D eigenvalue weighted by molar-refractivity contribution is 14.1. The zero-order valence-electron chi connectivity index (χ0n) is 7.02. The van der Waals surface area contributed by atoms with E-state index in [0.29, 0.717) is 3.70 Å². The van der Waals surface area contributed by atoms with Gasteiger partial charge in [-0.1, -0.05) is 0 Å². The number of alkyl halides is 2. The van der Waals surface area contributed by atoms with E-state index in [0.717, 1.165) is 6.20 Å². The van der Waals surface area contributed by atoms with Crippen LogP contribution in [-0.2, 0) is 0 Å². The molecule has 6 heteroatoms. The average molecular weight is 331 g/mol. The third-order valence-corrected chi connectivity index (χ3v) is 2.77. The van der Waals surface area contributed by atoms with Crippen LogP contribution in [0.2, 0.25) is 0 Å². The fraction of sp³-hybridized carbons (Fsp3) is 0.250. The van der Waals surface area contributed by atoms with Gasteiger partial charge in [0.2, 0.25) is 0 Å². The summed E-state index contributed by atoms with van der Waals surface area (Å²) in [6.45, 7) is 1.43. The predicted octanol–water partition coefficient (Wildman–Crippen LogP) is 3.31. The quantitative estimate of drug-likeness (QED) is 0.473. The van der Waals surface area contributed by atoms with Crippen LogP contribution < -0.4 is 0 Å². The second-order valence-corrected chi connectivity index (χ2v) is 3.94. The number of pyridine rings is 1. The molecule has 0 atom stereocenters. The topological polar surface area (TPSA) is 30.0 Å². The van der Waals surface area contributed by atoms with E-state index >= 15 is 0 Å². The molecule has 0 saturated carbocycles. The highest BCUT2D eigenvalue weighted by Gasteiger charge is 2.19. The Kier molecular flexibility index (Phi) is 3.77. The monoisotopic (exact) mass is 331 g/mol. The van der Waals surface area contributed by atoms with Gasteiger partial charge in [-0.15, -0.1) is 0 Å². The Balaban J connectivity index is 3.41. The van der Waals surface area contributed by atoms with Crippen molar-refractivity contribution in [3.63, 3.8) is 0 Å². The average Bonchev–Trinajstić information content (AvgIpc) is 2.02. The first-order chi connectivity index (χ1) is 6.45. The molecule has 76 valence electrons. The van der Waals surface area contributed by atoms with Crippen molar-refractivity contribution in [2.45, 2.75) is 13.3 Å². The van der Waals surface area contributed by atoms with Crippen LogP contribution in [0, 0.1) is 10.6 Å². The summed E-state index contributed by atoms with van der Waals surface area (Å²) < 4.78 is 25.1. The SMILES string of the molecule is Cc1c(C(F)F)cnc(I)c1C(=O)Cl. The summed E-state index contributed by atoms with van der Waals surface area (Å²) in [5, 5.41) is -0.762. The fourth-order valence-electron chi connectivity index (χ4n) is 1.04. The summed E-state index contributed by atoms with van der Waals surface area (Å²) in [7, 11) is 0. The van der Waals surface area contributed by atoms with Crippen molar-refractivity contribution in [3.8, 4) is 0 Å². The lowest BCUT2D eigenvalue weighted by atomic mass is 10.1. The van der Waals surface area contributed by atoms with Gasteiger partial charge in [-0.3, -0.25) is 4.79 Å². The van der Waals surface area contributed by atoms with E-state index in [-0.39, 0.29) is 16.7 Å². The van der Waals surface area contributed by atoms with Gasteiger partial charge in [0.1, 0.15) is 3.70 Å². The highest BCUT2D eigenvalue weighted by atomic mass is 127. The maximum atomic E-state index is 12.4. The van der Waals surface area contributed by atoms with E-state index in [9.17, 15) is 13.6 Å². The molecule has 0 N–H and O–H groups in total. The molecule has 1 aromatic heterocycles. The minimum Gasteiger partial charge on any atom is -0.275 e. The van der Waals surface area contributed by atoms with Gasteiger partial charge in [-0.05, 0) is 46.7 Å². The summed E-state index contributed by atoms with van der Waals surface area (Å²) in [6, 6.07) is 0. The molecule has 0 amide bonds. The van der Waals surface area contributed by atoms with E-state index in [2.05, 4.69) is 4.98 Å². The smallest absolute Gasteiger partial charge is 0.265 e. The van der Waals surface area contributed by atoms with Crippen molar-refractivity contribution in [1.82, 2.24) is 4.98 Å². The molecule has 0 unspecified atom stereocenters. The molecule has 2 nitrogen and oxygen atoms in total. The number of carbonyl (C=O) groups excluding carboxylic acids is 1. The zero-order chi connectivity index (χ0) is 10.9. The second-order valence-electron chi connectivity index (χ2n) is 2.58. The van der Waals surface area contributed by atoms with Gasteiger partial charge < -0.3 is 0 Å². The number of halogens is 4. The Morgan fingerprint density at radius 1 is 1.64 bits per heavy atom. The third-order valence-electron chi connectivity index (χ3n) is 1.76. The minimum absolute atomic E-state index is 0.0602. The Morgan fingerprint density at radius 3 is 2.64 bits per heavy atom. The van der Waals surface area contributed by atoms with E-state index < -0.39 is 11.7 Å². The lowest BCUT2D eigenvalue weighted by Crippen LogP contribution is -2.04. The minimum atomic E-state index is -2.64. The molecule has 0 bridgehead atoms. The summed E-state index contributed by atoms with van der Waals surface area (Å²) in [5.41, 5.74) is -0.00103. The molecular weight excluding hydrogens is 326 g/mol. The standard InChI is InChI=1S/C8H5ClF2INO/c1-3-4(7(10)11)2-13-8(12)5(3)6(9)14/h2,7H,1H3. The number of hydrogen-bond donors (Lipinski definition) is 0. The fourth-order valence-corrected chi connectivity index (χ4v) is 2.21. The van der Waals surface area contributed by atoms with Crippen LogP contribution in [0.4, 0.5) is 8.78 Å². The van der Waals surface area contributed by atoms with Gasteiger partial charge in [0.25, 0.3) is 11.7 Å². The number of hydrogen-bond acceptors (Lipinski definition) is 2. The Bertz CT molecular complexity index is 384. The summed E-state index contributed by atoms with van der Waals surface area (Å²) in [4.78, 5) is 14.6. The van der Waals surface area contributed by atoms with Crippen LogP contribution >= 0.6 is 34.2 Å². The van der Waals surface area contributed by atoms with Crippen molar-refractivity contribution in [1.29, 1.82) is 0 Å². The second kappa shape index (κ2) is 4.48. The molecule has 0 aromatic carbocycles. The maximum absolute atomic E-state index is 12.4. The molecule has 0 spiro atoms. The van der Waals surface area contributed by atoms with Crippen LogP contribution in [0.25, 0.3) is 0 Å². The Morgan fingerprint density at radius 2 is 2.21 bits per heavy atom. The van der Waals surface area contributed by atoms with Crippen molar-refractivity contribution >= 4 is 39.4 Å². The van der Waals surface area contributed by atoms with Crippen LogP contribution in [0.5, 0.6) is 0 Å². The molecule has 0 aliphatic heterocycles. The van der Waals surface area contributed by atoms with E-state index in [1.165, 1.54) is 6.92 Å². The maximum Gasteiger partial charge on any atom is 0.265 e. The Hall–Kier alpha value is -0.300. The molecule has 1 rings (SSSR count). The zero-order valence-corrected chi connectivity index (χ0v) is 9.94. The van der Waals surface area contributed by atoms with Gasteiger partial charge in [-0.25, -0.2) is 13.8 Å². The predicted molar refractivity (Wildman–Crippen MR) is 56.8 cm³/mol. The number of rotatable bonds is 2. The van der Waals surface area contributed by atoms with E-state index in [1.54, 1.807) is 22.6 Å². The first-order valence-corrected chi connectivity index (χ1v) is 5.03. The third kappa shape index (κ3) is 2.20. The number of nitrogens with zero attached hydrogens (tertiary/aromatic N) is 1. The summed E-state index contributed by atoms with van der Waals surface area (Å²) in [6.07, 6.45) is -1.58. The molecule has 0 aliphatic rings.